The van der Waals surface area contributed by atoms with Gasteiger partial charge in [-0.05, 0) is 37.8 Å². The molecule has 0 saturated carbocycles. The number of ether oxygens (including phenoxy) is 1. The minimum atomic E-state index is -0.0872. The number of phenolic OH excluding ortho intramolecular Hbond substituents is 1. The van der Waals surface area contributed by atoms with Gasteiger partial charge in [0.05, 0.1) is 12.7 Å². The van der Waals surface area contributed by atoms with Crippen LogP contribution < -0.4 is 4.74 Å². The lowest BCUT2D eigenvalue weighted by Crippen LogP contribution is -2.43. The molecule has 1 aliphatic heterocycles. The highest BCUT2D eigenvalue weighted by molar-refractivity contribution is 9.09. The lowest BCUT2D eigenvalue weighted by molar-refractivity contribution is 0.0607. The summed E-state index contributed by atoms with van der Waals surface area (Å²) in [4.78, 5) is 14.5. The highest BCUT2D eigenvalue weighted by atomic mass is 79.9. The molecule has 2 rings (SSSR count). The van der Waals surface area contributed by atoms with Gasteiger partial charge >= 0.3 is 0 Å². The van der Waals surface area contributed by atoms with Gasteiger partial charge in [-0.1, -0.05) is 15.9 Å². The van der Waals surface area contributed by atoms with E-state index in [1.807, 2.05) is 4.90 Å². The number of phenols is 1. The summed E-state index contributed by atoms with van der Waals surface area (Å²) >= 11 is 3.45. The van der Waals surface area contributed by atoms with Crippen molar-refractivity contribution in [2.24, 2.45) is 0 Å². The minimum absolute atomic E-state index is 0.0162. The maximum Gasteiger partial charge on any atom is 0.257 e. The number of methoxy groups -OCH3 is 1. The van der Waals surface area contributed by atoms with Crippen LogP contribution in [0.2, 0.25) is 0 Å². The Bertz CT molecular complexity index is 476. The number of carbonyl (C=O) groups is 1. The molecule has 1 amide bonds. The van der Waals surface area contributed by atoms with E-state index in [1.165, 1.54) is 13.2 Å². The monoisotopic (exact) mass is 341 g/mol. The molecule has 5 heteroatoms. The van der Waals surface area contributed by atoms with Crippen molar-refractivity contribution < 1.29 is 14.6 Å². The Morgan fingerprint density at radius 2 is 2.30 bits per heavy atom. The largest absolute Gasteiger partial charge is 0.507 e. The third kappa shape index (κ3) is 3.26. The van der Waals surface area contributed by atoms with Gasteiger partial charge in [-0.2, -0.15) is 0 Å². The number of likely N-dealkylation sites (tertiary alicyclic amines) is 1. The number of aromatic hydroxyl groups is 1. The van der Waals surface area contributed by atoms with Gasteiger partial charge in [-0.25, -0.2) is 0 Å². The summed E-state index contributed by atoms with van der Waals surface area (Å²) < 4.78 is 5.04. The van der Waals surface area contributed by atoms with E-state index in [4.69, 9.17) is 4.74 Å². The molecule has 1 aliphatic rings. The standard InChI is InChI=1S/C15H20BrNO3/c1-20-12-5-6-13(14(18)10-12)15(19)17-9-3-2-4-11(17)7-8-16/h5-6,10-11,18H,2-4,7-9H2,1H3. The Balaban J connectivity index is 2.20. The van der Waals surface area contributed by atoms with Crippen LogP contribution >= 0.6 is 15.9 Å². The Morgan fingerprint density at radius 3 is 2.95 bits per heavy atom. The van der Waals surface area contributed by atoms with Gasteiger partial charge in [-0.15, -0.1) is 0 Å². The summed E-state index contributed by atoms with van der Waals surface area (Å²) in [5, 5.41) is 10.9. The first-order chi connectivity index (χ1) is 9.67. The summed E-state index contributed by atoms with van der Waals surface area (Å²) in [5.41, 5.74) is 0.354. The first-order valence-corrected chi connectivity index (χ1v) is 8.03. The van der Waals surface area contributed by atoms with Crippen molar-refractivity contribution in [2.75, 3.05) is 19.0 Å². The number of hydrogen-bond acceptors (Lipinski definition) is 3. The normalized spacial score (nSPS) is 18.9. The van der Waals surface area contributed by atoms with E-state index in [1.54, 1.807) is 12.1 Å². The smallest absolute Gasteiger partial charge is 0.257 e. The topological polar surface area (TPSA) is 49.8 Å². The van der Waals surface area contributed by atoms with Gasteiger partial charge in [0, 0.05) is 24.0 Å². The van der Waals surface area contributed by atoms with Crippen molar-refractivity contribution in [2.45, 2.75) is 31.7 Å². The number of alkyl halides is 1. The molecule has 0 radical (unpaired) electrons. The molecule has 1 aromatic carbocycles. The predicted molar refractivity (Wildman–Crippen MR) is 81.7 cm³/mol. The molecular formula is C15H20BrNO3. The number of benzene rings is 1. The number of hydrogen-bond donors (Lipinski definition) is 1. The molecule has 0 aromatic heterocycles. The van der Waals surface area contributed by atoms with Crippen molar-refractivity contribution in [1.82, 2.24) is 4.90 Å². The van der Waals surface area contributed by atoms with Crippen molar-refractivity contribution >= 4 is 21.8 Å². The molecule has 1 atom stereocenters. The lowest BCUT2D eigenvalue weighted by Gasteiger charge is -2.35. The molecule has 110 valence electrons. The summed E-state index contributed by atoms with van der Waals surface area (Å²) in [6.07, 6.45) is 4.17. The average molecular weight is 342 g/mol. The first kappa shape index (κ1) is 15.2. The Labute approximate surface area is 127 Å². The van der Waals surface area contributed by atoms with E-state index < -0.39 is 0 Å². The maximum absolute atomic E-state index is 12.6. The average Bonchev–Trinajstić information content (AvgIpc) is 2.47. The number of carbonyl (C=O) groups excluding carboxylic acids is 1. The zero-order valence-electron chi connectivity index (χ0n) is 11.6. The second-order valence-corrected chi connectivity index (χ2v) is 5.80. The highest BCUT2D eigenvalue weighted by Gasteiger charge is 2.28. The van der Waals surface area contributed by atoms with Crippen LogP contribution in [0.25, 0.3) is 0 Å². The summed E-state index contributed by atoms with van der Waals surface area (Å²) in [7, 11) is 1.53. The van der Waals surface area contributed by atoms with Crippen LogP contribution in [0.15, 0.2) is 18.2 Å². The molecule has 1 aromatic rings. The Hall–Kier alpha value is -1.23. The van der Waals surface area contributed by atoms with E-state index >= 15 is 0 Å². The van der Waals surface area contributed by atoms with Gasteiger partial charge in [0.15, 0.2) is 0 Å². The van der Waals surface area contributed by atoms with Crippen molar-refractivity contribution in [3.8, 4) is 11.5 Å². The molecule has 20 heavy (non-hydrogen) atoms. The van der Waals surface area contributed by atoms with Crippen LogP contribution in [-0.4, -0.2) is 40.9 Å². The number of nitrogens with zero attached hydrogens (tertiary/aromatic N) is 1. The van der Waals surface area contributed by atoms with Crippen molar-refractivity contribution in [3.05, 3.63) is 23.8 Å². The van der Waals surface area contributed by atoms with Crippen LogP contribution in [0, 0.1) is 0 Å². The molecule has 4 nitrogen and oxygen atoms in total. The molecule has 1 unspecified atom stereocenters. The van der Waals surface area contributed by atoms with Gasteiger partial charge in [0.25, 0.3) is 5.91 Å². The van der Waals surface area contributed by atoms with Crippen LogP contribution in [0.3, 0.4) is 0 Å². The van der Waals surface area contributed by atoms with Gasteiger partial charge < -0.3 is 14.7 Å². The maximum atomic E-state index is 12.6. The van der Waals surface area contributed by atoms with E-state index in [0.29, 0.717) is 11.3 Å². The molecule has 1 N–H and O–H groups in total. The third-order valence-corrected chi connectivity index (χ3v) is 4.22. The molecule has 1 fully saturated rings. The summed E-state index contributed by atoms with van der Waals surface area (Å²) in [6.45, 7) is 0.766. The molecule has 1 heterocycles. The van der Waals surface area contributed by atoms with Gasteiger partial charge in [-0.3, -0.25) is 4.79 Å². The second-order valence-electron chi connectivity index (χ2n) is 5.01. The fourth-order valence-electron chi connectivity index (χ4n) is 2.67. The minimum Gasteiger partial charge on any atom is -0.507 e. The van der Waals surface area contributed by atoms with E-state index in [9.17, 15) is 9.90 Å². The number of amides is 1. The van der Waals surface area contributed by atoms with Gasteiger partial charge in [0.2, 0.25) is 0 Å². The van der Waals surface area contributed by atoms with Crippen LogP contribution in [0.4, 0.5) is 0 Å². The molecule has 0 aliphatic carbocycles. The number of piperidine rings is 1. The zero-order valence-corrected chi connectivity index (χ0v) is 13.2. The molecular weight excluding hydrogens is 322 g/mol. The number of halogens is 1. The van der Waals surface area contributed by atoms with Crippen molar-refractivity contribution in [1.29, 1.82) is 0 Å². The van der Waals surface area contributed by atoms with Crippen LogP contribution in [0.1, 0.15) is 36.0 Å². The van der Waals surface area contributed by atoms with E-state index in [-0.39, 0.29) is 17.7 Å². The zero-order chi connectivity index (χ0) is 14.5. The Morgan fingerprint density at radius 1 is 1.50 bits per heavy atom. The SMILES string of the molecule is COc1ccc(C(=O)N2CCCCC2CCBr)c(O)c1. The number of rotatable bonds is 4. The molecule has 0 spiro atoms. The summed E-state index contributed by atoms with van der Waals surface area (Å²) in [5.74, 6) is 0.447. The van der Waals surface area contributed by atoms with Gasteiger partial charge in [0.1, 0.15) is 11.5 Å². The van der Waals surface area contributed by atoms with E-state index in [2.05, 4.69) is 15.9 Å². The molecule has 0 bridgehead atoms. The summed E-state index contributed by atoms with van der Waals surface area (Å²) in [6, 6.07) is 5.08. The van der Waals surface area contributed by atoms with Crippen LogP contribution in [0.5, 0.6) is 11.5 Å². The molecule has 1 saturated heterocycles. The quantitative estimate of drug-likeness (QED) is 0.855. The Kier molecular flexibility index (Phi) is 5.29. The fourth-order valence-corrected chi connectivity index (χ4v) is 3.20. The predicted octanol–water partition coefficient (Wildman–Crippen LogP) is 3.18. The second kappa shape index (κ2) is 6.97. The fraction of sp³-hybridized carbons (Fsp3) is 0.533. The first-order valence-electron chi connectivity index (χ1n) is 6.91. The highest BCUT2D eigenvalue weighted by Crippen LogP contribution is 2.28. The van der Waals surface area contributed by atoms with Crippen LogP contribution in [-0.2, 0) is 0 Å². The van der Waals surface area contributed by atoms with E-state index in [0.717, 1.165) is 37.6 Å². The third-order valence-electron chi connectivity index (χ3n) is 3.77. The lowest BCUT2D eigenvalue weighted by atomic mass is 9.98. The van der Waals surface area contributed by atoms with Crippen molar-refractivity contribution in [3.63, 3.8) is 0 Å².